The van der Waals surface area contributed by atoms with Gasteiger partial charge in [0.15, 0.2) is 11.5 Å². The van der Waals surface area contributed by atoms with E-state index < -0.39 is 22.2 Å². The molecular weight excluding hydrogens is 565 g/mol. The number of carboxylic acids is 1. The van der Waals surface area contributed by atoms with Crippen molar-refractivity contribution < 1.29 is 41.0 Å². The maximum atomic E-state index is 12.7. The number of aryl methyl sites for hydroxylation is 1. The number of ether oxygens (including phenoxy) is 2. The molecule has 0 atom stereocenters. The molecule has 216 valence electrons. The largest absolute Gasteiger partial charge is 0.493 e. The van der Waals surface area contributed by atoms with Gasteiger partial charge in [-0.3, -0.25) is 0 Å². The van der Waals surface area contributed by atoms with E-state index in [0.717, 1.165) is 33.1 Å². The molecule has 14 heteroatoms. The van der Waals surface area contributed by atoms with Gasteiger partial charge in [-0.25, -0.2) is 22.9 Å². The lowest BCUT2D eigenvalue weighted by atomic mass is 10.1. The number of methoxy groups -OCH3 is 2. The van der Waals surface area contributed by atoms with Crippen molar-refractivity contribution in [3.8, 4) is 22.8 Å². The first kappa shape index (κ1) is 29.4. The van der Waals surface area contributed by atoms with Gasteiger partial charge >= 0.3 is 12.1 Å². The molecule has 3 aromatic heterocycles. The van der Waals surface area contributed by atoms with Crippen molar-refractivity contribution in [2.24, 2.45) is 7.05 Å². The lowest BCUT2D eigenvalue weighted by molar-refractivity contribution is -0.192. The fourth-order valence-corrected chi connectivity index (χ4v) is 5.19. The molecule has 0 aliphatic heterocycles. The fourth-order valence-electron chi connectivity index (χ4n) is 4.16. The van der Waals surface area contributed by atoms with Gasteiger partial charge in [-0.05, 0) is 35.9 Å². The number of hydrogen-bond donors (Lipinski definition) is 3. The van der Waals surface area contributed by atoms with Crippen molar-refractivity contribution in [1.82, 2.24) is 19.3 Å². The van der Waals surface area contributed by atoms with E-state index in [1.54, 1.807) is 50.7 Å². The molecule has 0 saturated heterocycles. The summed E-state index contributed by atoms with van der Waals surface area (Å²) in [5.74, 6) is -1.45. The van der Waals surface area contributed by atoms with E-state index in [0.29, 0.717) is 17.1 Å². The van der Waals surface area contributed by atoms with E-state index in [4.69, 9.17) is 19.4 Å². The van der Waals surface area contributed by atoms with Gasteiger partial charge in [-0.2, -0.15) is 13.2 Å². The molecule has 0 fully saturated rings. The summed E-state index contributed by atoms with van der Waals surface area (Å²) in [6, 6.07) is 16.1. The molecule has 0 aliphatic carbocycles. The number of rotatable bonds is 7. The topological polar surface area (TPSA) is 136 Å². The number of alkyl halides is 3. The number of aromatic nitrogens is 3. The number of carboxylic acid groups (broad SMARTS) is 1. The Balaban J connectivity index is 0.000000493. The van der Waals surface area contributed by atoms with E-state index in [1.807, 2.05) is 42.1 Å². The molecule has 5 rings (SSSR count). The van der Waals surface area contributed by atoms with Crippen LogP contribution < -0.4 is 14.2 Å². The smallest absolute Gasteiger partial charge is 0.490 e. The predicted octanol–water partition coefficient (Wildman–Crippen LogP) is 4.85. The van der Waals surface area contributed by atoms with Crippen LogP contribution in [-0.4, -0.2) is 54.4 Å². The number of carbonyl (C=O) groups is 1. The van der Waals surface area contributed by atoms with Crippen LogP contribution in [0.1, 0.15) is 5.56 Å². The number of pyridine rings is 1. The number of benzene rings is 2. The van der Waals surface area contributed by atoms with Gasteiger partial charge in [-0.15, -0.1) is 0 Å². The standard InChI is InChI=1S/C25H24N4O4S.C2HF3O2/c1-29-15-20(19-12-23(32-2)24(33-3)13-22(19)29)21-11-18-16(9-10-26-25(18)28-21)14-27-34(30,31)17-7-5-4-6-8-17;3-2(4,5)1(6)7/h4-13,15,27H,14H2,1-3H3,(H,26,28);(H,6,7). The van der Waals surface area contributed by atoms with Crippen LogP contribution in [0.15, 0.2) is 71.9 Å². The lowest BCUT2D eigenvalue weighted by Crippen LogP contribution is -2.23. The molecular formula is C27H25F3N4O6S. The number of H-pyrrole nitrogens is 1. The van der Waals surface area contributed by atoms with Crippen LogP contribution in [0, 0.1) is 0 Å². The number of fused-ring (bicyclic) bond motifs is 2. The van der Waals surface area contributed by atoms with Crippen molar-refractivity contribution >= 4 is 37.9 Å². The molecule has 2 aromatic carbocycles. The lowest BCUT2D eigenvalue weighted by Gasteiger charge is -2.08. The van der Waals surface area contributed by atoms with Crippen LogP contribution in [0.4, 0.5) is 13.2 Å². The quantitative estimate of drug-likeness (QED) is 0.247. The second-order valence-electron chi connectivity index (χ2n) is 8.73. The highest BCUT2D eigenvalue weighted by Gasteiger charge is 2.38. The van der Waals surface area contributed by atoms with Crippen LogP contribution in [0.3, 0.4) is 0 Å². The van der Waals surface area contributed by atoms with Crippen LogP contribution in [0.2, 0.25) is 0 Å². The maximum absolute atomic E-state index is 12.7. The highest BCUT2D eigenvalue weighted by atomic mass is 32.2. The number of halogens is 3. The Morgan fingerprint density at radius 3 is 2.29 bits per heavy atom. The molecule has 0 radical (unpaired) electrons. The van der Waals surface area contributed by atoms with Gasteiger partial charge in [0.1, 0.15) is 5.65 Å². The van der Waals surface area contributed by atoms with E-state index >= 15 is 0 Å². The summed E-state index contributed by atoms with van der Waals surface area (Å²) < 4.78 is 72.7. The van der Waals surface area contributed by atoms with Gasteiger partial charge in [0.05, 0.1) is 24.6 Å². The second kappa shape index (κ2) is 11.5. The van der Waals surface area contributed by atoms with Crippen molar-refractivity contribution in [3.05, 3.63) is 72.6 Å². The van der Waals surface area contributed by atoms with Crippen LogP contribution in [0.5, 0.6) is 11.5 Å². The predicted molar refractivity (Wildman–Crippen MR) is 145 cm³/mol. The zero-order chi connectivity index (χ0) is 29.9. The Hall–Kier alpha value is -4.56. The molecule has 41 heavy (non-hydrogen) atoms. The third-order valence-corrected chi connectivity index (χ3v) is 7.57. The summed E-state index contributed by atoms with van der Waals surface area (Å²) in [5.41, 5.74) is 4.36. The monoisotopic (exact) mass is 590 g/mol. The minimum atomic E-state index is -5.08. The Kier molecular flexibility index (Phi) is 8.26. The summed E-state index contributed by atoms with van der Waals surface area (Å²) in [7, 11) is 1.58. The average molecular weight is 591 g/mol. The van der Waals surface area contributed by atoms with E-state index in [1.165, 1.54) is 0 Å². The third kappa shape index (κ3) is 6.28. The minimum absolute atomic E-state index is 0.147. The third-order valence-electron chi connectivity index (χ3n) is 6.16. The number of nitrogens with one attached hydrogen (secondary N) is 2. The molecule has 3 heterocycles. The summed E-state index contributed by atoms with van der Waals surface area (Å²) in [4.78, 5) is 17.0. The molecule has 10 nitrogen and oxygen atoms in total. The average Bonchev–Trinajstić information content (AvgIpc) is 3.52. The fraction of sp³-hybridized carbons (Fsp3) is 0.185. The number of aromatic amines is 1. The first-order chi connectivity index (χ1) is 19.4. The van der Waals surface area contributed by atoms with Crippen molar-refractivity contribution in [3.63, 3.8) is 0 Å². The Morgan fingerprint density at radius 2 is 1.68 bits per heavy atom. The summed E-state index contributed by atoms with van der Waals surface area (Å²) in [6.07, 6.45) is -1.38. The number of aliphatic carboxylic acids is 1. The Labute approximate surface area is 232 Å². The molecule has 3 N–H and O–H groups in total. The summed E-state index contributed by atoms with van der Waals surface area (Å²) in [6.45, 7) is 0.147. The van der Waals surface area contributed by atoms with Crippen molar-refractivity contribution in [2.45, 2.75) is 17.6 Å². The molecule has 0 saturated carbocycles. The molecule has 0 unspecified atom stereocenters. The second-order valence-corrected chi connectivity index (χ2v) is 10.5. The van der Waals surface area contributed by atoms with Crippen LogP contribution >= 0.6 is 0 Å². The minimum Gasteiger partial charge on any atom is -0.493 e. The van der Waals surface area contributed by atoms with Gasteiger partial charge in [0.2, 0.25) is 10.0 Å². The summed E-state index contributed by atoms with van der Waals surface area (Å²) >= 11 is 0. The number of sulfonamides is 1. The van der Waals surface area contributed by atoms with Crippen molar-refractivity contribution in [2.75, 3.05) is 14.2 Å². The van der Waals surface area contributed by atoms with Gasteiger partial charge in [-0.1, -0.05) is 18.2 Å². The first-order valence-electron chi connectivity index (χ1n) is 11.9. The van der Waals surface area contributed by atoms with Crippen molar-refractivity contribution in [1.29, 1.82) is 0 Å². The van der Waals surface area contributed by atoms with Crippen LogP contribution in [0.25, 0.3) is 33.2 Å². The van der Waals surface area contributed by atoms with E-state index in [-0.39, 0.29) is 11.4 Å². The molecule has 0 spiro atoms. The normalized spacial score (nSPS) is 11.8. The molecule has 0 bridgehead atoms. The highest BCUT2D eigenvalue weighted by Crippen LogP contribution is 2.38. The van der Waals surface area contributed by atoms with E-state index in [2.05, 4.69) is 14.7 Å². The maximum Gasteiger partial charge on any atom is 0.490 e. The van der Waals surface area contributed by atoms with Gasteiger partial charge < -0.3 is 24.1 Å². The number of nitrogens with zero attached hydrogens (tertiary/aromatic N) is 2. The van der Waals surface area contributed by atoms with Gasteiger partial charge in [0.25, 0.3) is 0 Å². The summed E-state index contributed by atoms with van der Waals surface area (Å²) in [5, 5.41) is 8.98. The van der Waals surface area contributed by atoms with E-state index in [9.17, 15) is 21.6 Å². The van der Waals surface area contributed by atoms with Gasteiger partial charge in [0, 0.05) is 54.1 Å². The Morgan fingerprint density at radius 1 is 1.05 bits per heavy atom. The number of hydrogen-bond acceptors (Lipinski definition) is 6. The molecule has 0 amide bonds. The highest BCUT2D eigenvalue weighted by molar-refractivity contribution is 7.89. The SMILES string of the molecule is COc1cc2c(-c3cc4c(CNS(=O)(=O)c5ccccc5)ccnc4[nH]3)cn(C)c2cc1OC.O=C(O)C(F)(F)F. The zero-order valence-corrected chi connectivity index (χ0v) is 22.8. The molecule has 0 aliphatic rings. The Bertz CT molecular complexity index is 1820. The van der Waals surface area contributed by atoms with Crippen LogP contribution in [-0.2, 0) is 28.4 Å². The first-order valence-corrected chi connectivity index (χ1v) is 13.4. The zero-order valence-electron chi connectivity index (χ0n) is 22.0. The molecule has 5 aromatic rings.